The SMILES string of the molecule is CCc1ccccc1NC(=O)/C(C#N)=C\c1cccn1-c1cccc(C(F)(F)F)c1. The van der Waals surface area contributed by atoms with Crippen LogP contribution in [0, 0.1) is 11.3 Å². The number of nitriles is 1. The largest absolute Gasteiger partial charge is 0.416 e. The Labute approximate surface area is 171 Å². The lowest BCUT2D eigenvalue weighted by molar-refractivity contribution is -0.137. The quantitative estimate of drug-likeness (QED) is 0.440. The number of rotatable bonds is 5. The molecule has 0 aliphatic carbocycles. The summed E-state index contributed by atoms with van der Waals surface area (Å²) in [6.07, 6.45) is -0.839. The molecule has 0 aliphatic heterocycles. The van der Waals surface area contributed by atoms with E-state index in [4.69, 9.17) is 0 Å². The van der Waals surface area contributed by atoms with Crippen molar-refractivity contribution in [3.8, 4) is 11.8 Å². The van der Waals surface area contributed by atoms with E-state index in [-0.39, 0.29) is 11.3 Å². The Hall–Kier alpha value is -3.79. The Morgan fingerprint density at radius 3 is 2.60 bits per heavy atom. The molecule has 152 valence electrons. The number of alkyl halides is 3. The summed E-state index contributed by atoms with van der Waals surface area (Å²) >= 11 is 0. The summed E-state index contributed by atoms with van der Waals surface area (Å²) in [6, 6.07) is 17.2. The molecule has 0 saturated carbocycles. The first-order valence-corrected chi connectivity index (χ1v) is 9.19. The summed E-state index contributed by atoms with van der Waals surface area (Å²) in [5.41, 5.74) is 1.28. The minimum atomic E-state index is -4.47. The van der Waals surface area contributed by atoms with E-state index in [0.717, 1.165) is 17.7 Å². The van der Waals surface area contributed by atoms with Crippen molar-refractivity contribution in [2.45, 2.75) is 19.5 Å². The Morgan fingerprint density at radius 1 is 1.13 bits per heavy atom. The molecule has 0 aliphatic rings. The summed E-state index contributed by atoms with van der Waals surface area (Å²) in [5, 5.41) is 12.2. The minimum Gasteiger partial charge on any atom is -0.321 e. The third-order valence-electron chi connectivity index (χ3n) is 4.54. The van der Waals surface area contributed by atoms with E-state index >= 15 is 0 Å². The van der Waals surface area contributed by atoms with Gasteiger partial charge in [0.1, 0.15) is 11.6 Å². The fraction of sp³-hybridized carbons (Fsp3) is 0.130. The molecule has 1 N–H and O–H groups in total. The molecule has 7 heteroatoms. The second-order valence-electron chi connectivity index (χ2n) is 6.49. The van der Waals surface area contributed by atoms with Crippen molar-refractivity contribution >= 4 is 17.7 Å². The number of hydrogen-bond acceptors (Lipinski definition) is 2. The van der Waals surface area contributed by atoms with Crippen molar-refractivity contribution < 1.29 is 18.0 Å². The van der Waals surface area contributed by atoms with Gasteiger partial charge in [-0.15, -0.1) is 0 Å². The van der Waals surface area contributed by atoms with Crippen molar-refractivity contribution in [3.63, 3.8) is 0 Å². The smallest absolute Gasteiger partial charge is 0.321 e. The lowest BCUT2D eigenvalue weighted by Crippen LogP contribution is -2.15. The van der Waals surface area contributed by atoms with E-state index in [2.05, 4.69) is 5.32 Å². The normalized spacial score (nSPS) is 11.8. The van der Waals surface area contributed by atoms with Crippen molar-refractivity contribution in [3.05, 3.63) is 89.3 Å². The second kappa shape index (κ2) is 8.70. The summed E-state index contributed by atoms with van der Waals surface area (Å²) in [6.45, 7) is 1.95. The number of nitrogens with one attached hydrogen (secondary N) is 1. The van der Waals surface area contributed by atoms with Gasteiger partial charge in [0.15, 0.2) is 0 Å². The molecule has 1 amide bonds. The monoisotopic (exact) mass is 409 g/mol. The van der Waals surface area contributed by atoms with Gasteiger partial charge >= 0.3 is 6.18 Å². The van der Waals surface area contributed by atoms with Crippen LogP contribution in [0.1, 0.15) is 23.7 Å². The van der Waals surface area contributed by atoms with E-state index < -0.39 is 17.6 Å². The van der Waals surface area contributed by atoms with E-state index in [9.17, 15) is 23.2 Å². The Balaban J connectivity index is 1.93. The van der Waals surface area contributed by atoms with Crippen LogP contribution in [0.3, 0.4) is 0 Å². The number of benzene rings is 2. The highest BCUT2D eigenvalue weighted by molar-refractivity contribution is 6.09. The van der Waals surface area contributed by atoms with Crippen LogP contribution in [0.25, 0.3) is 11.8 Å². The molecule has 2 aromatic carbocycles. The van der Waals surface area contributed by atoms with Gasteiger partial charge < -0.3 is 9.88 Å². The van der Waals surface area contributed by atoms with Crippen molar-refractivity contribution in [1.82, 2.24) is 4.57 Å². The molecule has 0 bridgehead atoms. The lowest BCUT2D eigenvalue weighted by Gasteiger charge is -2.12. The molecule has 0 unspecified atom stereocenters. The van der Waals surface area contributed by atoms with Crippen LogP contribution in [-0.4, -0.2) is 10.5 Å². The molecule has 1 aromatic heterocycles. The number of carbonyl (C=O) groups excluding carboxylic acids is 1. The number of aromatic nitrogens is 1. The summed E-state index contributed by atoms with van der Waals surface area (Å²) in [7, 11) is 0. The van der Waals surface area contributed by atoms with Crippen LogP contribution in [0.4, 0.5) is 18.9 Å². The topological polar surface area (TPSA) is 57.8 Å². The van der Waals surface area contributed by atoms with Crippen LogP contribution in [0.5, 0.6) is 0 Å². The summed E-state index contributed by atoms with van der Waals surface area (Å²) in [5.74, 6) is -0.588. The minimum absolute atomic E-state index is 0.159. The van der Waals surface area contributed by atoms with Gasteiger partial charge in [-0.1, -0.05) is 31.2 Å². The van der Waals surface area contributed by atoms with E-state index in [1.807, 2.05) is 25.1 Å². The summed E-state index contributed by atoms with van der Waals surface area (Å²) in [4.78, 5) is 12.6. The molecule has 4 nitrogen and oxygen atoms in total. The van der Waals surface area contributed by atoms with Crippen LogP contribution in [-0.2, 0) is 17.4 Å². The van der Waals surface area contributed by atoms with E-state index in [0.29, 0.717) is 17.8 Å². The second-order valence-corrected chi connectivity index (χ2v) is 6.49. The van der Waals surface area contributed by atoms with Gasteiger partial charge in [-0.25, -0.2) is 0 Å². The number of para-hydroxylation sites is 1. The number of hydrogen-bond donors (Lipinski definition) is 1. The van der Waals surface area contributed by atoms with Crippen LogP contribution in [0.15, 0.2) is 72.4 Å². The van der Waals surface area contributed by atoms with Gasteiger partial charge in [0, 0.05) is 23.3 Å². The van der Waals surface area contributed by atoms with Gasteiger partial charge in [0.2, 0.25) is 0 Å². The first-order valence-electron chi connectivity index (χ1n) is 9.19. The molecule has 0 atom stereocenters. The maximum Gasteiger partial charge on any atom is 0.416 e. The average molecular weight is 409 g/mol. The molecule has 3 aromatic rings. The standard InChI is InChI=1S/C23H18F3N3O/c1-2-16-7-3-4-11-21(16)28-22(30)17(15-27)13-19-10-6-12-29(19)20-9-5-8-18(14-20)23(24,25)26/h3-14H,2H2,1H3,(H,28,30)/b17-13-. The maximum atomic E-state index is 13.0. The van der Waals surface area contributed by atoms with Crippen molar-refractivity contribution in [2.24, 2.45) is 0 Å². The van der Waals surface area contributed by atoms with Gasteiger partial charge in [-0.05, 0) is 54.5 Å². The highest BCUT2D eigenvalue weighted by Gasteiger charge is 2.30. The lowest BCUT2D eigenvalue weighted by atomic mass is 10.1. The number of amides is 1. The molecule has 0 saturated heterocycles. The Bertz CT molecular complexity index is 1140. The predicted molar refractivity (Wildman–Crippen MR) is 109 cm³/mol. The molecule has 0 radical (unpaired) electrons. The molecular weight excluding hydrogens is 391 g/mol. The van der Waals surface area contributed by atoms with E-state index in [1.54, 1.807) is 30.5 Å². The number of anilines is 1. The zero-order chi connectivity index (χ0) is 21.7. The fourth-order valence-corrected chi connectivity index (χ4v) is 3.02. The highest BCUT2D eigenvalue weighted by atomic mass is 19.4. The Morgan fingerprint density at radius 2 is 1.90 bits per heavy atom. The number of carbonyl (C=O) groups is 1. The summed E-state index contributed by atoms with van der Waals surface area (Å²) < 4.78 is 40.6. The molecule has 1 heterocycles. The zero-order valence-electron chi connectivity index (χ0n) is 16.1. The van der Waals surface area contributed by atoms with Gasteiger partial charge in [0.25, 0.3) is 5.91 Å². The highest BCUT2D eigenvalue weighted by Crippen LogP contribution is 2.30. The molecule has 30 heavy (non-hydrogen) atoms. The molecular formula is C23H18F3N3O. The third kappa shape index (κ3) is 4.61. The van der Waals surface area contributed by atoms with E-state index in [1.165, 1.54) is 22.8 Å². The van der Waals surface area contributed by atoms with Gasteiger partial charge in [-0.3, -0.25) is 4.79 Å². The molecule has 0 spiro atoms. The number of halogens is 3. The third-order valence-corrected chi connectivity index (χ3v) is 4.54. The van der Waals surface area contributed by atoms with Crippen molar-refractivity contribution in [2.75, 3.05) is 5.32 Å². The Kier molecular flexibility index (Phi) is 6.07. The number of aryl methyl sites for hydroxylation is 1. The van der Waals surface area contributed by atoms with Crippen LogP contribution < -0.4 is 5.32 Å². The first kappa shape index (κ1) is 20.9. The fourth-order valence-electron chi connectivity index (χ4n) is 3.02. The predicted octanol–water partition coefficient (Wildman–Crippen LogP) is 5.60. The molecule has 0 fully saturated rings. The van der Waals surface area contributed by atoms with Crippen LogP contribution >= 0.6 is 0 Å². The number of nitrogens with zero attached hydrogens (tertiary/aromatic N) is 2. The average Bonchev–Trinajstić information content (AvgIpc) is 3.20. The zero-order valence-corrected chi connectivity index (χ0v) is 16.1. The first-order chi connectivity index (χ1) is 14.3. The van der Waals surface area contributed by atoms with Crippen molar-refractivity contribution in [1.29, 1.82) is 5.26 Å². The van der Waals surface area contributed by atoms with Gasteiger partial charge in [0.05, 0.1) is 5.56 Å². The van der Waals surface area contributed by atoms with Crippen LogP contribution in [0.2, 0.25) is 0 Å². The maximum absolute atomic E-state index is 13.0. The van der Waals surface area contributed by atoms with Gasteiger partial charge in [-0.2, -0.15) is 18.4 Å². The molecule has 3 rings (SSSR count).